The van der Waals surface area contributed by atoms with Gasteiger partial charge in [-0.25, -0.2) is 0 Å². The van der Waals surface area contributed by atoms with Crippen LogP contribution in [0.25, 0.3) is 0 Å². The molecule has 0 unspecified atom stereocenters. The average Bonchev–Trinajstić information content (AvgIpc) is 3.14. The number of nitrogen functional groups attached to an aromatic ring is 1. The number of aryl methyl sites for hydroxylation is 1. The number of halogens is 1. The van der Waals surface area contributed by atoms with Gasteiger partial charge in [-0.1, -0.05) is 0 Å². The molecule has 0 saturated heterocycles. The van der Waals surface area contributed by atoms with Crippen LogP contribution in [-0.4, -0.2) is 6.54 Å². The third-order valence-electron chi connectivity index (χ3n) is 4.32. The van der Waals surface area contributed by atoms with Crippen LogP contribution in [0.1, 0.15) is 31.2 Å². The summed E-state index contributed by atoms with van der Waals surface area (Å²) in [4.78, 5) is 0. The Kier molecular flexibility index (Phi) is 2.62. The standard InChI is InChI=1S/C14H19BrN2/c1-9-6-13(11(15)7-12(9)16)17-8-14(4-5-14)10-2-3-10/h6-7,10,17H,2-5,8,16H2,1H3. The minimum Gasteiger partial charge on any atom is -0.398 e. The number of hydrogen-bond acceptors (Lipinski definition) is 2. The van der Waals surface area contributed by atoms with Crippen molar-refractivity contribution in [2.24, 2.45) is 11.3 Å². The molecule has 0 atom stereocenters. The van der Waals surface area contributed by atoms with Crippen molar-refractivity contribution in [2.75, 3.05) is 17.6 Å². The molecule has 2 saturated carbocycles. The van der Waals surface area contributed by atoms with Gasteiger partial charge >= 0.3 is 0 Å². The van der Waals surface area contributed by atoms with E-state index in [-0.39, 0.29) is 0 Å². The number of rotatable bonds is 4. The van der Waals surface area contributed by atoms with Gasteiger partial charge in [0.2, 0.25) is 0 Å². The molecule has 1 aromatic rings. The van der Waals surface area contributed by atoms with Gasteiger partial charge in [-0.3, -0.25) is 0 Å². The second-order valence-electron chi connectivity index (χ2n) is 5.68. The minimum absolute atomic E-state index is 0.634. The second-order valence-corrected chi connectivity index (χ2v) is 6.53. The van der Waals surface area contributed by atoms with Crippen molar-refractivity contribution in [3.05, 3.63) is 22.2 Å². The topological polar surface area (TPSA) is 38.0 Å². The summed E-state index contributed by atoms with van der Waals surface area (Å²) in [6.45, 7) is 3.18. The zero-order chi connectivity index (χ0) is 12.0. The summed E-state index contributed by atoms with van der Waals surface area (Å²) in [5.41, 5.74) is 9.70. The highest BCUT2D eigenvalue weighted by molar-refractivity contribution is 9.10. The van der Waals surface area contributed by atoms with Crippen molar-refractivity contribution in [2.45, 2.75) is 32.6 Å². The summed E-state index contributed by atoms with van der Waals surface area (Å²) < 4.78 is 1.08. The van der Waals surface area contributed by atoms with Crippen LogP contribution in [0.5, 0.6) is 0 Å². The third kappa shape index (κ3) is 2.17. The molecule has 2 aliphatic carbocycles. The lowest BCUT2D eigenvalue weighted by Gasteiger charge is -2.17. The van der Waals surface area contributed by atoms with Crippen LogP contribution >= 0.6 is 15.9 Å². The van der Waals surface area contributed by atoms with Gasteiger partial charge < -0.3 is 11.1 Å². The SMILES string of the molecule is Cc1cc(NCC2(C3CC3)CC2)c(Br)cc1N. The van der Waals surface area contributed by atoms with Crippen molar-refractivity contribution in [1.82, 2.24) is 0 Å². The first kappa shape index (κ1) is 11.4. The quantitative estimate of drug-likeness (QED) is 0.826. The molecule has 0 heterocycles. The molecular weight excluding hydrogens is 276 g/mol. The van der Waals surface area contributed by atoms with Crippen LogP contribution in [0.4, 0.5) is 11.4 Å². The lowest BCUT2D eigenvalue weighted by molar-refractivity contribution is 0.467. The van der Waals surface area contributed by atoms with E-state index in [2.05, 4.69) is 34.2 Å². The van der Waals surface area contributed by atoms with E-state index in [4.69, 9.17) is 5.73 Å². The molecule has 1 aromatic carbocycles. The average molecular weight is 295 g/mol. The van der Waals surface area contributed by atoms with E-state index in [1.54, 1.807) is 0 Å². The van der Waals surface area contributed by atoms with Crippen molar-refractivity contribution < 1.29 is 0 Å². The fourth-order valence-corrected chi connectivity index (χ4v) is 3.19. The molecule has 0 spiro atoms. The Morgan fingerprint density at radius 2 is 2.12 bits per heavy atom. The molecule has 0 aliphatic heterocycles. The Morgan fingerprint density at radius 3 is 2.71 bits per heavy atom. The molecule has 3 heteroatoms. The highest BCUT2D eigenvalue weighted by Gasteiger charge is 2.53. The van der Waals surface area contributed by atoms with Gasteiger partial charge in [-0.2, -0.15) is 0 Å². The third-order valence-corrected chi connectivity index (χ3v) is 4.98. The van der Waals surface area contributed by atoms with Crippen LogP contribution in [0, 0.1) is 18.3 Å². The van der Waals surface area contributed by atoms with Crippen LogP contribution in [0.3, 0.4) is 0 Å². The predicted octanol–water partition coefficient (Wildman–Crippen LogP) is 3.94. The van der Waals surface area contributed by atoms with E-state index < -0.39 is 0 Å². The van der Waals surface area contributed by atoms with Crippen LogP contribution < -0.4 is 11.1 Å². The van der Waals surface area contributed by atoms with Crippen molar-refractivity contribution in [3.8, 4) is 0 Å². The molecule has 3 rings (SSSR count). The molecule has 2 nitrogen and oxygen atoms in total. The van der Waals surface area contributed by atoms with Crippen molar-refractivity contribution >= 4 is 27.3 Å². The maximum absolute atomic E-state index is 5.88. The molecule has 92 valence electrons. The summed E-state index contributed by atoms with van der Waals surface area (Å²) in [6, 6.07) is 4.14. The smallest absolute Gasteiger partial charge is 0.0489 e. The fraction of sp³-hybridized carbons (Fsp3) is 0.571. The highest BCUT2D eigenvalue weighted by atomic mass is 79.9. The van der Waals surface area contributed by atoms with Crippen LogP contribution in [0.15, 0.2) is 16.6 Å². The summed E-state index contributed by atoms with van der Waals surface area (Å²) in [5.74, 6) is 1.00. The molecule has 0 bridgehead atoms. The maximum Gasteiger partial charge on any atom is 0.0489 e. The largest absolute Gasteiger partial charge is 0.398 e. The molecular formula is C14H19BrN2. The van der Waals surface area contributed by atoms with Crippen LogP contribution in [-0.2, 0) is 0 Å². The molecule has 0 radical (unpaired) electrons. The lowest BCUT2D eigenvalue weighted by atomic mass is 10.0. The first-order valence-corrected chi connectivity index (χ1v) is 7.19. The zero-order valence-electron chi connectivity index (χ0n) is 10.2. The number of hydrogen-bond donors (Lipinski definition) is 2. The first-order chi connectivity index (χ1) is 8.11. The number of nitrogens with one attached hydrogen (secondary N) is 1. The van der Waals surface area contributed by atoms with E-state index in [1.807, 2.05) is 6.07 Å². The Hall–Kier alpha value is -0.700. The number of benzene rings is 1. The van der Waals surface area contributed by atoms with Gasteiger partial charge in [0.05, 0.1) is 0 Å². The van der Waals surface area contributed by atoms with Gasteiger partial charge in [0, 0.05) is 22.4 Å². The monoisotopic (exact) mass is 294 g/mol. The van der Waals surface area contributed by atoms with Gasteiger partial charge in [-0.05, 0) is 77.6 Å². The first-order valence-electron chi connectivity index (χ1n) is 6.40. The van der Waals surface area contributed by atoms with Gasteiger partial charge in [0.15, 0.2) is 0 Å². The Labute approximate surface area is 111 Å². The lowest BCUT2D eigenvalue weighted by Crippen LogP contribution is -2.17. The Balaban J connectivity index is 1.70. The summed E-state index contributed by atoms with van der Waals surface area (Å²) in [7, 11) is 0. The minimum atomic E-state index is 0.634. The summed E-state index contributed by atoms with van der Waals surface area (Å²) >= 11 is 3.58. The molecule has 2 fully saturated rings. The Morgan fingerprint density at radius 1 is 1.41 bits per heavy atom. The van der Waals surface area contributed by atoms with E-state index in [0.29, 0.717) is 5.41 Å². The number of nitrogens with two attached hydrogens (primary N) is 1. The van der Waals surface area contributed by atoms with E-state index in [9.17, 15) is 0 Å². The number of anilines is 2. The molecule has 0 aromatic heterocycles. The zero-order valence-corrected chi connectivity index (χ0v) is 11.8. The molecule has 3 N–H and O–H groups in total. The van der Waals surface area contributed by atoms with E-state index in [1.165, 1.54) is 31.4 Å². The van der Waals surface area contributed by atoms with Gasteiger partial charge in [0.25, 0.3) is 0 Å². The second kappa shape index (κ2) is 3.91. The fourth-order valence-electron chi connectivity index (χ4n) is 2.69. The van der Waals surface area contributed by atoms with E-state index in [0.717, 1.165) is 28.2 Å². The highest BCUT2D eigenvalue weighted by Crippen LogP contribution is 2.61. The maximum atomic E-state index is 5.88. The van der Waals surface area contributed by atoms with Crippen LogP contribution in [0.2, 0.25) is 0 Å². The van der Waals surface area contributed by atoms with Gasteiger partial charge in [0.1, 0.15) is 0 Å². The summed E-state index contributed by atoms with van der Waals surface area (Å²) in [6.07, 6.45) is 5.72. The van der Waals surface area contributed by atoms with Crippen molar-refractivity contribution in [1.29, 1.82) is 0 Å². The summed E-state index contributed by atoms with van der Waals surface area (Å²) in [5, 5.41) is 3.60. The molecule has 0 amide bonds. The predicted molar refractivity (Wildman–Crippen MR) is 76.2 cm³/mol. The van der Waals surface area contributed by atoms with Gasteiger partial charge in [-0.15, -0.1) is 0 Å². The Bertz CT molecular complexity index is 448. The van der Waals surface area contributed by atoms with E-state index >= 15 is 0 Å². The molecule has 2 aliphatic rings. The molecule has 17 heavy (non-hydrogen) atoms. The van der Waals surface area contributed by atoms with Crippen molar-refractivity contribution in [3.63, 3.8) is 0 Å². The normalized spacial score (nSPS) is 21.3.